The molecular weight excluding hydrogens is 366 g/mol. The molecule has 1 aliphatic heterocycles. The van der Waals surface area contributed by atoms with Gasteiger partial charge in [0.1, 0.15) is 32.7 Å². The van der Waals surface area contributed by atoms with Crippen LogP contribution in [0.2, 0.25) is 0 Å². The molecule has 2 aromatic carbocycles. The first-order chi connectivity index (χ1) is 14.1. The predicted molar refractivity (Wildman–Crippen MR) is 113 cm³/mol. The van der Waals surface area contributed by atoms with Gasteiger partial charge in [0.25, 0.3) is 5.91 Å². The van der Waals surface area contributed by atoms with E-state index in [2.05, 4.69) is 17.4 Å². The molecule has 0 saturated carbocycles. The number of quaternary nitrogens is 2. The third-order valence-electron chi connectivity index (χ3n) is 5.65. The predicted octanol–water partition coefficient (Wildman–Crippen LogP) is -0.135. The fraction of sp³-hybridized carbons (Fsp3) is 0.435. The van der Waals surface area contributed by atoms with Gasteiger partial charge in [0.2, 0.25) is 0 Å². The number of piperazine rings is 1. The first-order valence-electron chi connectivity index (χ1n) is 10.3. The summed E-state index contributed by atoms with van der Waals surface area (Å²) in [6.07, 6.45) is 0. The number of carbonyl (C=O) groups excluding carboxylic acids is 1. The molecule has 156 valence electrons. The van der Waals surface area contributed by atoms with Gasteiger partial charge in [-0.05, 0) is 30.7 Å². The zero-order valence-corrected chi connectivity index (χ0v) is 17.7. The second kappa shape index (κ2) is 10.3. The number of carbonyl (C=O) groups is 1. The molecular formula is C23H33N3O3+2. The lowest BCUT2D eigenvalue weighted by Crippen LogP contribution is -3.28. The average molecular weight is 400 g/mol. The van der Waals surface area contributed by atoms with E-state index in [1.807, 2.05) is 43.3 Å². The van der Waals surface area contributed by atoms with Gasteiger partial charge < -0.3 is 24.6 Å². The van der Waals surface area contributed by atoms with Gasteiger partial charge in [0, 0.05) is 5.56 Å². The van der Waals surface area contributed by atoms with E-state index in [4.69, 9.17) is 9.47 Å². The van der Waals surface area contributed by atoms with Crippen LogP contribution in [0.5, 0.6) is 11.5 Å². The maximum atomic E-state index is 12.4. The molecule has 1 fully saturated rings. The molecule has 1 atom stereocenters. The minimum absolute atomic E-state index is 0.0417. The number of benzene rings is 2. The Morgan fingerprint density at radius 3 is 2.28 bits per heavy atom. The topological polar surface area (TPSA) is 56.4 Å². The first-order valence-corrected chi connectivity index (χ1v) is 10.3. The largest absolute Gasteiger partial charge is 0.493 e. The highest BCUT2D eigenvalue weighted by molar-refractivity contribution is 5.77. The fourth-order valence-electron chi connectivity index (χ4n) is 3.93. The van der Waals surface area contributed by atoms with Crippen molar-refractivity contribution in [1.29, 1.82) is 0 Å². The Balaban J connectivity index is 1.44. The van der Waals surface area contributed by atoms with E-state index >= 15 is 0 Å². The van der Waals surface area contributed by atoms with E-state index in [1.165, 1.54) is 10.5 Å². The summed E-state index contributed by atoms with van der Waals surface area (Å²) in [7, 11) is 3.32. The zero-order chi connectivity index (χ0) is 20.6. The molecule has 3 rings (SSSR count). The van der Waals surface area contributed by atoms with Crippen LogP contribution in [-0.2, 0) is 11.3 Å². The van der Waals surface area contributed by atoms with Crippen LogP contribution in [-0.4, -0.2) is 52.9 Å². The highest BCUT2D eigenvalue weighted by atomic mass is 16.5. The standard InChI is InChI=1S/C23H31N3O3/c1-18(20-7-5-4-6-8-20)24-23(27)17-26-13-11-25(12-14-26)16-19-9-10-21(28-2)22(15-19)29-3/h4-10,15,18H,11-14,16-17H2,1-3H3,(H,24,27)/p+2/t18-/m1/s1. The summed E-state index contributed by atoms with van der Waals surface area (Å²) in [4.78, 5) is 15.3. The van der Waals surface area contributed by atoms with E-state index in [1.54, 1.807) is 19.1 Å². The Labute approximate surface area is 173 Å². The first kappa shape index (κ1) is 21.1. The third kappa shape index (κ3) is 5.95. The molecule has 0 aliphatic carbocycles. The summed E-state index contributed by atoms with van der Waals surface area (Å²) in [5, 5.41) is 3.13. The average Bonchev–Trinajstić information content (AvgIpc) is 2.75. The van der Waals surface area contributed by atoms with Crippen LogP contribution in [0, 0.1) is 0 Å². The minimum Gasteiger partial charge on any atom is -0.493 e. The Kier molecular flexibility index (Phi) is 7.49. The number of nitrogens with one attached hydrogen (secondary N) is 3. The van der Waals surface area contributed by atoms with Gasteiger partial charge >= 0.3 is 0 Å². The van der Waals surface area contributed by atoms with Crippen molar-refractivity contribution in [2.45, 2.75) is 19.5 Å². The molecule has 1 heterocycles. The molecule has 6 heteroatoms. The fourth-order valence-corrected chi connectivity index (χ4v) is 3.93. The highest BCUT2D eigenvalue weighted by Gasteiger charge is 2.25. The van der Waals surface area contributed by atoms with E-state index < -0.39 is 0 Å². The van der Waals surface area contributed by atoms with Crippen LogP contribution < -0.4 is 24.6 Å². The Bertz CT molecular complexity index is 789. The van der Waals surface area contributed by atoms with E-state index in [-0.39, 0.29) is 11.9 Å². The Hall–Kier alpha value is -2.57. The minimum atomic E-state index is 0.0417. The smallest absolute Gasteiger partial charge is 0.275 e. The number of methoxy groups -OCH3 is 2. The molecule has 0 unspecified atom stereocenters. The van der Waals surface area contributed by atoms with Crippen molar-refractivity contribution in [3.05, 3.63) is 59.7 Å². The van der Waals surface area contributed by atoms with Crippen LogP contribution in [0.4, 0.5) is 0 Å². The molecule has 3 N–H and O–H groups in total. The second-order valence-corrected chi connectivity index (χ2v) is 7.74. The SMILES string of the molecule is COc1ccc(C[NH+]2CC[NH+](CC(=O)N[C@H](C)c3ccccc3)CC2)cc1OC. The lowest BCUT2D eigenvalue weighted by Gasteiger charge is -2.29. The summed E-state index contributed by atoms with van der Waals surface area (Å²) >= 11 is 0. The number of amides is 1. The van der Waals surface area contributed by atoms with E-state index in [0.29, 0.717) is 6.54 Å². The summed E-state index contributed by atoms with van der Waals surface area (Å²) in [6.45, 7) is 7.68. The van der Waals surface area contributed by atoms with Crippen molar-refractivity contribution < 1.29 is 24.1 Å². The maximum absolute atomic E-state index is 12.4. The highest BCUT2D eigenvalue weighted by Crippen LogP contribution is 2.27. The lowest BCUT2D eigenvalue weighted by atomic mass is 10.1. The Morgan fingerprint density at radius 2 is 1.62 bits per heavy atom. The summed E-state index contributed by atoms with van der Waals surface area (Å²) in [5.74, 6) is 1.66. The van der Waals surface area contributed by atoms with Gasteiger partial charge in [-0.25, -0.2) is 0 Å². The molecule has 1 aliphatic rings. The van der Waals surface area contributed by atoms with Crippen LogP contribution in [0.1, 0.15) is 24.1 Å². The molecule has 2 aromatic rings. The lowest BCUT2D eigenvalue weighted by molar-refractivity contribution is -1.02. The molecule has 1 saturated heterocycles. The van der Waals surface area contributed by atoms with Crippen molar-refractivity contribution in [2.24, 2.45) is 0 Å². The van der Waals surface area contributed by atoms with Gasteiger partial charge in [-0.15, -0.1) is 0 Å². The Morgan fingerprint density at radius 1 is 0.966 bits per heavy atom. The zero-order valence-electron chi connectivity index (χ0n) is 17.7. The van der Waals surface area contributed by atoms with Gasteiger partial charge in [0.05, 0.1) is 20.3 Å². The van der Waals surface area contributed by atoms with Crippen molar-refractivity contribution in [2.75, 3.05) is 46.9 Å². The number of hydrogen-bond donors (Lipinski definition) is 3. The molecule has 0 bridgehead atoms. The van der Waals surface area contributed by atoms with Gasteiger partial charge in [-0.3, -0.25) is 4.79 Å². The summed E-state index contributed by atoms with van der Waals surface area (Å²) < 4.78 is 10.7. The quantitative estimate of drug-likeness (QED) is 0.580. The van der Waals surface area contributed by atoms with Crippen molar-refractivity contribution in [3.63, 3.8) is 0 Å². The molecule has 29 heavy (non-hydrogen) atoms. The molecule has 1 amide bonds. The van der Waals surface area contributed by atoms with E-state index in [9.17, 15) is 4.79 Å². The molecule has 0 spiro atoms. The third-order valence-corrected chi connectivity index (χ3v) is 5.65. The van der Waals surface area contributed by atoms with E-state index in [0.717, 1.165) is 49.8 Å². The number of ether oxygens (including phenoxy) is 2. The van der Waals surface area contributed by atoms with Gasteiger partial charge in [-0.2, -0.15) is 0 Å². The summed E-state index contributed by atoms with van der Waals surface area (Å²) in [5.41, 5.74) is 2.38. The van der Waals surface area contributed by atoms with Crippen LogP contribution >= 0.6 is 0 Å². The van der Waals surface area contributed by atoms with Crippen molar-refractivity contribution in [3.8, 4) is 11.5 Å². The van der Waals surface area contributed by atoms with Crippen LogP contribution in [0.15, 0.2) is 48.5 Å². The molecule has 6 nitrogen and oxygen atoms in total. The number of hydrogen-bond acceptors (Lipinski definition) is 3. The molecule has 0 radical (unpaired) electrons. The molecule has 0 aromatic heterocycles. The van der Waals surface area contributed by atoms with Crippen LogP contribution in [0.25, 0.3) is 0 Å². The van der Waals surface area contributed by atoms with Crippen LogP contribution in [0.3, 0.4) is 0 Å². The normalized spacial score (nSPS) is 20.0. The summed E-state index contributed by atoms with van der Waals surface area (Å²) in [6, 6.07) is 16.3. The van der Waals surface area contributed by atoms with Gasteiger partial charge in [-0.1, -0.05) is 30.3 Å². The second-order valence-electron chi connectivity index (χ2n) is 7.74. The van der Waals surface area contributed by atoms with Crippen molar-refractivity contribution >= 4 is 5.91 Å². The maximum Gasteiger partial charge on any atom is 0.275 e. The van der Waals surface area contributed by atoms with Gasteiger partial charge in [0.15, 0.2) is 18.0 Å². The number of rotatable bonds is 8. The van der Waals surface area contributed by atoms with Crippen molar-refractivity contribution in [1.82, 2.24) is 5.32 Å². The monoisotopic (exact) mass is 399 g/mol.